The van der Waals surface area contributed by atoms with Crippen molar-refractivity contribution in [1.82, 2.24) is 10.2 Å². The second-order valence-electron chi connectivity index (χ2n) is 7.47. The molecule has 3 rings (SSSR count). The Bertz CT molecular complexity index is 870. The molecule has 7 heteroatoms. The van der Waals surface area contributed by atoms with E-state index < -0.39 is 0 Å². The molecule has 0 aliphatic carbocycles. The number of hydrogen-bond acceptors (Lipinski definition) is 4. The highest BCUT2D eigenvalue weighted by Gasteiger charge is 2.18. The van der Waals surface area contributed by atoms with Crippen LogP contribution in [0.25, 0.3) is 0 Å². The SMILES string of the molecule is Cc1ccc(NC(=O)COc2ccc(Cl)cc2CNCCCN2CCCC2=O)cc1. The van der Waals surface area contributed by atoms with E-state index in [9.17, 15) is 9.59 Å². The summed E-state index contributed by atoms with van der Waals surface area (Å²) in [5.41, 5.74) is 2.76. The van der Waals surface area contributed by atoms with E-state index in [0.717, 1.165) is 49.3 Å². The predicted molar refractivity (Wildman–Crippen MR) is 119 cm³/mol. The summed E-state index contributed by atoms with van der Waals surface area (Å²) < 4.78 is 5.74. The Morgan fingerprint density at radius 1 is 1.20 bits per heavy atom. The number of benzene rings is 2. The summed E-state index contributed by atoms with van der Waals surface area (Å²) in [7, 11) is 0. The molecule has 1 fully saturated rings. The molecular weight excluding hydrogens is 402 g/mol. The second kappa shape index (κ2) is 11.0. The van der Waals surface area contributed by atoms with Crippen molar-refractivity contribution in [2.24, 2.45) is 0 Å². The first-order valence-electron chi connectivity index (χ1n) is 10.3. The van der Waals surface area contributed by atoms with E-state index in [4.69, 9.17) is 16.3 Å². The minimum atomic E-state index is -0.219. The lowest BCUT2D eigenvalue weighted by molar-refractivity contribution is -0.127. The molecule has 0 radical (unpaired) electrons. The molecule has 2 aromatic carbocycles. The maximum atomic E-state index is 12.2. The third-order valence-electron chi connectivity index (χ3n) is 4.99. The van der Waals surface area contributed by atoms with Gasteiger partial charge in [0.15, 0.2) is 6.61 Å². The Labute approximate surface area is 182 Å². The third-order valence-corrected chi connectivity index (χ3v) is 5.22. The largest absolute Gasteiger partial charge is 0.483 e. The molecule has 1 heterocycles. The van der Waals surface area contributed by atoms with Gasteiger partial charge < -0.3 is 20.3 Å². The highest BCUT2D eigenvalue weighted by Crippen LogP contribution is 2.23. The molecule has 160 valence electrons. The summed E-state index contributed by atoms with van der Waals surface area (Å²) in [5, 5.41) is 6.80. The summed E-state index contributed by atoms with van der Waals surface area (Å²) in [6, 6.07) is 13.0. The quantitative estimate of drug-likeness (QED) is 0.564. The lowest BCUT2D eigenvalue weighted by atomic mass is 10.2. The highest BCUT2D eigenvalue weighted by molar-refractivity contribution is 6.30. The smallest absolute Gasteiger partial charge is 0.262 e. The van der Waals surface area contributed by atoms with Crippen LogP contribution in [0.3, 0.4) is 0 Å². The van der Waals surface area contributed by atoms with Gasteiger partial charge in [-0.05, 0) is 56.6 Å². The molecule has 2 N–H and O–H groups in total. The van der Waals surface area contributed by atoms with Crippen molar-refractivity contribution < 1.29 is 14.3 Å². The molecule has 0 bridgehead atoms. The van der Waals surface area contributed by atoms with E-state index in [1.165, 1.54) is 0 Å². The van der Waals surface area contributed by atoms with E-state index in [2.05, 4.69) is 10.6 Å². The number of carbonyl (C=O) groups excluding carboxylic acids is 2. The lowest BCUT2D eigenvalue weighted by Crippen LogP contribution is -2.28. The molecule has 1 aliphatic rings. The first-order chi connectivity index (χ1) is 14.5. The van der Waals surface area contributed by atoms with Crippen LogP contribution >= 0.6 is 11.6 Å². The molecule has 0 aromatic heterocycles. The van der Waals surface area contributed by atoms with Crippen molar-refractivity contribution in [1.29, 1.82) is 0 Å². The second-order valence-corrected chi connectivity index (χ2v) is 7.91. The van der Waals surface area contributed by atoms with Crippen molar-refractivity contribution in [3.63, 3.8) is 0 Å². The number of halogens is 1. The van der Waals surface area contributed by atoms with Crippen LogP contribution in [0.4, 0.5) is 5.69 Å². The minimum Gasteiger partial charge on any atom is -0.483 e. The topological polar surface area (TPSA) is 70.7 Å². The number of ether oxygens (including phenoxy) is 1. The Morgan fingerprint density at radius 2 is 2.00 bits per heavy atom. The van der Waals surface area contributed by atoms with Crippen LogP contribution < -0.4 is 15.4 Å². The van der Waals surface area contributed by atoms with Gasteiger partial charge in [-0.1, -0.05) is 29.3 Å². The van der Waals surface area contributed by atoms with Gasteiger partial charge in [0.25, 0.3) is 5.91 Å². The first kappa shape index (κ1) is 22.1. The van der Waals surface area contributed by atoms with Gasteiger partial charge in [0.1, 0.15) is 5.75 Å². The number of rotatable bonds is 10. The first-order valence-corrected chi connectivity index (χ1v) is 10.7. The Balaban J connectivity index is 1.45. The molecule has 30 heavy (non-hydrogen) atoms. The Morgan fingerprint density at radius 3 is 2.73 bits per heavy atom. The summed E-state index contributed by atoms with van der Waals surface area (Å²) >= 11 is 6.14. The zero-order chi connectivity index (χ0) is 21.3. The van der Waals surface area contributed by atoms with Gasteiger partial charge in [-0.25, -0.2) is 0 Å². The Kier molecular flexibility index (Phi) is 8.11. The molecular formula is C23H28ClN3O3. The summed E-state index contributed by atoms with van der Waals surface area (Å²) in [4.78, 5) is 25.7. The van der Waals surface area contributed by atoms with Crippen LogP contribution in [0.15, 0.2) is 42.5 Å². The van der Waals surface area contributed by atoms with E-state index in [1.807, 2.05) is 42.2 Å². The molecule has 0 unspecified atom stereocenters. The van der Waals surface area contributed by atoms with Crippen LogP contribution in [0.1, 0.15) is 30.4 Å². The number of nitrogens with one attached hydrogen (secondary N) is 2. The van der Waals surface area contributed by atoms with Crippen LogP contribution in [-0.2, 0) is 16.1 Å². The molecule has 1 saturated heterocycles. The van der Waals surface area contributed by atoms with E-state index in [0.29, 0.717) is 23.7 Å². The number of aryl methyl sites for hydroxylation is 1. The summed E-state index contributed by atoms with van der Waals surface area (Å²) in [6.07, 6.45) is 2.53. The van der Waals surface area contributed by atoms with Gasteiger partial charge in [-0.3, -0.25) is 9.59 Å². The zero-order valence-electron chi connectivity index (χ0n) is 17.2. The van der Waals surface area contributed by atoms with Gasteiger partial charge in [0.05, 0.1) is 0 Å². The van der Waals surface area contributed by atoms with Gasteiger partial charge in [-0.2, -0.15) is 0 Å². The molecule has 0 saturated carbocycles. The maximum Gasteiger partial charge on any atom is 0.262 e. The van der Waals surface area contributed by atoms with Crippen molar-refractivity contribution in [3.05, 3.63) is 58.6 Å². The lowest BCUT2D eigenvalue weighted by Gasteiger charge is -2.16. The number of nitrogens with zero attached hydrogens (tertiary/aromatic N) is 1. The molecule has 0 spiro atoms. The van der Waals surface area contributed by atoms with Crippen LogP contribution in [0.5, 0.6) is 5.75 Å². The molecule has 2 aromatic rings. The standard InChI is InChI=1S/C23H28ClN3O3/c1-17-5-8-20(9-6-17)26-22(28)16-30-21-10-7-19(24)14-18(21)15-25-11-3-13-27-12-2-4-23(27)29/h5-10,14,25H,2-4,11-13,15-16H2,1H3,(H,26,28). The van der Waals surface area contributed by atoms with Crippen molar-refractivity contribution >= 4 is 29.1 Å². The number of likely N-dealkylation sites (tertiary alicyclic amines) is 1. The number of amides is 2. The van der Waals surface area contributed by atoms with Crippen LogP contribution in [-0.4, -0.2) is 43.0 Å². The van der Waals surface area contributed by atoms with Crippen molar-refractivity contribution in [3.8, 4) is 5.75 Å². The number of anilines is 1. The van der Waals surface area contributed by atoms with Gasteiger partial charge in [0.2, 0.25) is 5.91 Å². The van der Waals surface area contributed by atoms with Gasteiger partial charge in [0, 0.05) is 42.3 Å². The average molecular weight is 430 g/mol. The number of carbonyl (C=O) groups is 2. The fraction of sp³-hybridized carbons (Fsp3) is 0.391. The minimum absolute atomic E-state index is 0.0837. The summed E-state index contributed by atoms with van der Waals surface area (Å²) in [6.45, 7) is 4.92. The Hall–Kier alpha value is -2.57. The fourth-order valence-corrected chi connectivity index (χ4v) is 3.56. The van der Waals surface area contributed by atoms with Crippen LogP contribution in [0.2, 0.25) is 5.02 Å². The summed E-state index contributed by atoms with van der Waals surface area (Å²) in [5.74, 6) is 0.660. The zero-order valence-corrected chi connectivity index (χ0v) is 18.0. The fourth-order valence-electron chi connectivity index (χ4n) is 3.36. The van der Waals surface area contributed by atoms with E-state index in [-0.39, 0.29) is 18.4 Å². The van der Waals surface area contributed by atoms with Crippen LogP contribution in [0, 0.1) is 6.92 Å². The average Bonchev–Trinajstić information content (AvgIpc) is 3.13. The van der Waals surface area contributed by atoms with Crippen molar-refractivity contribution in [2.75, 3.05) is 31.6 Å². The molecule has 0 atom stereocenters. The molecule has 1 aliphatic heterocycles. The van der Waals surface area contributed by atoms with Gasteiger partial charge >= 0.3 is 0 Å². The third kappa shape index (κ3) is 6.75. The van der Waals surface area contributed by atoms with Crippen molar-refractivity contribution in [2.45, 2.75) is 32.7 Å². The highest BCUT2D eigenvalue weighted by atomic mass is 35.5. The van der Waals surface area contributed by atoms with E-state index >= 15 is 0 Å². The molecule has 6 nitrogen and oxygen atoms in total. The monoisotopic (exact) mass is 429 g/mol. The number of hydrogen-bond donors (Lipinski definition) is 2. The maximum absolute atomic E-state index is 12.2. The van der Waals surface area contributed by atoms with Gasteiger partial charge in [-0.15, -0.1) is 0 Å². The molecule has 2 amide bonds. The van der Waals surface area contributed by atoms with E-state index in [1.54, 1.807) is 12.1 Å². The predicted octanol–water partition coefficient (Wildman–Crippen LogP) is 3.77. The normalized spacial score (nSPS) is 13.5.